The summed E-state index contributed by atoms with van der Waals surface area (Å²) < 4.78 is 8.79. The van der Waals surface area contributed by atoms with E-state index >= 15 is 0 Å². The van der Waals surface area contributed by atoms with E-state index in [0.29, 0.717) is 12.4 Å². The molecule has 0 aromatic carbocycles. The van der Waals surface area contributed by atoms with Crippen LogP contribution in [-0.4, -0.2) is 50.8 Å². The number of aromatic nitrogens is 4. The van der Waals surface area contributed by atoms with Gasteiger partial charge in [-0.15, -0.1) is 0 Å². The van der Waals surface area contributed by atoms with E-state index in [1.807, 2.05) is 41.9 Å². The summed E-state index contributed by atoms with van der Waals surface area (Å²) in [4.78, 5) is 14.7. The number of aryl methyl sites for hydroxylation is 1. The number of ether oxygens (including phenoxy) is 1. The maximum absolute atomic E-state index is 12.8. The molecule has 8 nitrogen and oxygen atoms in total. The first kappa shape index (κ1) is 17.5. The highest BCUT2D eigenvalue weighted by Crippen LogP contribution is 2.30. The van der Waals surface area contributed by atoms with Crippen molar-refractivity contribution in [1.29, 1.82) is 0 Å². The van der Waals surface area contributed by atoms with Gasteiger partial charge in [-0.25, -0.2) is 4.79 Å². The van der Waals surface area contributed by atoms with Crippen LogP contribution in [0.1, 0.15) is 44.0 Å². The lowest BCUT2D eigenvalue weighted by atomic mass is 10.00. The number of nitrogens with one attached hydrogen (secondary N) is 1. The van der Waals surface area contributed by atoms with E-state index in [2.05, 4.69) is 15.5 Å². The van der Waals surface area contributed by atoms with E-state index in [9.17, 15) is 4.79 Å². The van der Waals surface area contributed by atoms with Gasteiger partial charge in [0.1, 0.15) is 0 Å². The molecule has 1 N–H and O–H groups in total. The third kappa shape index (κ3) is 3.84. The molecule has 3 rings (SSSR count). The van der Waals surface area contributed by atoms with E-state index in [1.54, 1.807) is 18.0 Å². The van der Waals surface area contributed by atoms with Crippen LogP contribution >= 0.6 is 0 Å². The Kier molecular flexibility index (Phi) is 5.37. The number of hydrogen-bond acceptors (Lipinski definition) is 4. The summed E-state index contributed by atoms with van der Waals surface area (Å²) in [5.41, 5.74) is 1.06. The lowest BCUT2D eigenvalue weighted by Gasteiger charge is -2.35. The summed E-state index contributed by atoms with van der Waals surface area (Å²) in [7, 11) is 3.58. The standard InChI is InChI=1S/C17H26N6O2/c1-13(12-25-3)23-11-8-16(20-23)19-17(24)22-10-5-4-6-15(22)14-7-9-18-21(14)2/h7-9,11,13,15H,4-6,10,12H2,1-3H3,(H,19,20,24)/t13-,15-/m1/s1. The van der Waals surface area contributed by atoms with Gasteiger partial charge in [-0.3, -0.25) is 14.7 Å². The minimum Gasteiger partial charge on any atom is -0.382 e. The van der Waals surface area contributed by atoms with E-state index in [-0.39, 0.29) is 18.1 Å². The third-order valence-corrected chi connectivity index (χ3v) is 4.67. The Morgan fingerprint density at radius 2 is 2.28 bits per heavy atom. The fourth-order valence-electron chi connectivity index (χ4n) is 3.34. The molecule has 2 atom stereocenters. The molecule has 25 heavy (non-hydrogen) atoms. The van der Waals surface area contributed by atoms with Crippen LogP contribution < -0.4 is 5.32 Å². The third-order valence-electron chi connectivity index (χ3n) is 4.67. The summed E-state index contributed by atoms with van der Waals surface area (Å²) >= 11 is 0. The SMILES string of the molecule is COC[C@@H](C)n1ccc(NC(=O)N2CCCC[C@@H]2c2ccnn2C)n1. The molecule has 1 saturated heterocycles. The predicted octanol–water partition coefficient (Wildman–Crippen LogP) is 2.58. The largest absolute Gasteiger partial charge is 0.382 e. The van der Waals surface area contributed by atoms with E-state index < -0.39 is 0 Å². The Hall–Kier alpha value is -2.35. The van der Waals surface area contributed by atoms with Gasteiger partial charge in [-0.1, -0.05) is 0 Å². The van der Waals surface area contributed by atoms with Crippen LogP contribution in [0, 0.1) is 0 Å². The zero-order valence-electron chi connectivity index (χ0n) is 15.1. The van der Waals surface area contributed by atoms with Gasteiger partial charge in [-0.05, 0) is 32.3 Å². The Bertz CT molecular complexity index is 710. The molecule has 0 bridgehead atoms. The number of likely N-dealkylation sites (tertiary alicyclic amines) is 1. The van der Waals surface area contributed by atoms with Gasteiger partial charge in [0, 0.05) is 39.2 Å². The molecular weight excluding hydrogens is 320 g/mol. The number of carbonyl (C=O) groups is 1. The molecule has 2 aromatic rings. The van der Waals surface area contributed by atoms with Crippen LogP contribution in [-0.2, 0) is 11.8 Å². The van der Waals surface area contributed by atoms with Gasteiger partial charge >= 0.3 is 6.03 Å². The van der Waals surface area contributed by atoms with Crippen molar-refractivity contribution < 1.29 is 9.53 Å². The van der Waals surface area contributed by atoms with Crippen LogP contribution in [0.5, 0.6) is 0 Å². The second-order valence-electron chi connectivity index (χ2n) is 6.50. The molecule has 0 unspecified atom stereocenters. The number of urea groups is 1. The molecule has 136 valence electrons. The number of piperidine rings is 1. The van der Waals surface area contributed by atoms with E-state index in [0.717, 1.165) is 31.5 Å². The predicted molar refractivity (Wildman–Crippen MR) is 94.3 cm³/mol. The zero-order valence-corrected chi connectivity index (χ0v) is 15.1. The van der Waals surface area contributed by atoms with Gasteiger partial charge in [0.15, 0.2) is 5.82 Å². The number of rotatable bonds is 5. The lowest BCUT2D eigenvalue weighted by Crippen LogP contribution is -2.41. The van der Waals surface area contributed by atoms with Crippen LogP contribution in [0.25, 0.3) is 0 Å². The highest BCUT2D eigenvalue weighted by atomic mass is 16.5. The Labute approximate surface area is 147 Å². The normalized spacial score (nSPS) is 19.0. The van der Waals surface area contributed by atoms with E-state index in [1.165, 1.54) is 0 Å². The maximum Gasteiger partial charge on any atom is 0.323 e. The van der Waals surface area contributed by atoms with Gasteiger partial charge in [0.25, 0.3) is 0 Å². The van der Waals surface area contributed by atoms with Gasteiger partial charge < -0.3 is 9.64 Å². The molecule has 0 radical (unpaired) electrons. The number of nitrogens with zero attached hydrogens (tertiary/aromatic N) is 5. The summed E-state index contributed by atoms with van der Waals surface area (Å²) in [6.07, 6.45) is 6.71. The van der Waals surface area contributed by atoms with Crippen LogP contribution in [0.3, 0.4) is 0 Å². The summed E-state index contributed by atoms with van der Waals surface area (Å²) in [6.45, 7) is 3.33. The first-order valence-corrected chi connectivity index (χ1v) is 8.69. The molecule has 1 fully saturated rings. The average molecular weight is 346 g/mol. The minimum absolute atomic E-state index is 0.0516. The van der Waals surface area contributed by atoms with Crippen molar-refractivity contribution >= 4 is 11.8 Å². The van der Waals surface area contributed by atoms with Crippen molar-refractivity contribution in [2.24, 2.45) is 7.05 Å². The summed E-state index contributed by atoms with van der Waals surface area (Å²) in [5, 5.41) is 11.6. The van der Waals surface area contributed by atoms with Crippen molar-refractivity contribution in [2.45, 2.75) is 38.3 Å². The Balaban J connectivity index is 1.70. The van der Waals surface area contributed by atoms with Crippen molar-refractivity contribution in [3.05, 3.63) is 30.2 Å². The van der Waals surface area contributed by atoms with Crippen molar-refractivity contribution in [3.8, 4) is 0 Å². The first-order valence-electron chi connectivity index (χ1n) is 8.69. The number of amides is 2. The first-order chi connectivity index (χ1) is 12.1. The van der Waals surface area contributed by atoms with Gasteiger partial charge in [0.2, 0.25) is 0 Å². The molecular formula is C17H26N6O2. The smallest absolute Gasteiger partial charge is 0.323 e. The van der Waals surface area contributed by atoms with Gasteiger partial charge in [0.05, 0.1) is 24.4 Å². The molecule has 1 aliphatic rings. The number of methoxy groups -OCH3 is 1. The second-order valence-corrected chi connectivity index (χ2v) is 6.50. The molecule has 0 saturated carbocycles. The molecule has 0 spiro atoms. The lowest BCUT2D eigenvalue weighted by molar-refractivity contribution is 0.156. The fraction of sp³-hybridized carbons (Fsp3) is 0.588. The molecule has 0 aliphatic carbocycles. The molecule has 2 amide bonds. The topological polar surface area (TPSA) is 77.2 Å². The molecule has 2 aromatic heterocycles. The second kappa shape index (κ2) is 7.69. The zero-order chi connectivity index (χ0) is 17.8. The van der Waals surface area contributed by atoms with Crippen LogP contribution in [0.15, 0.2) is 24.5 Å². The summed E-state index contributed by atoms with van der Waals surface area (Å²) in [6, 6.07) is 3.85. The fourth-order valence-corrected chi connectivity index (χ4v) is 3.34. The number of hydrogen-bond donors (Lipinski definition) is 1. The Morgan fingerprint density at radius 3 is 3.00 bits per heavy atom. The van der Waals surface area contributed by atoms with Crippen molar-refractivity contribution in [3.63, 3.8) is 0 Å². The summed E-state index contributed by atoms with van der Waals surface area (Å²) in [5.74, 6) is 0.558. The van der Waals surface area contributed by atoms with Crippen molar-refractivity contribution in [2.75, 3.05) is 25.6 Å². The number of carbonyl (C=O) groups excluding carboxylic acids is 1. The minimum atomic E-state index is -0.115. The highest BCUT2D eigenvalue weighted by molar-refractivity contribution is 5.88. The van der Waals surface area contributed by atoms with Crippen LogP contribution in [0.4, 0.5) is 10.6 Å². The van der Waals surface area contributed by atoms with Crippen LogP contribution in [0.2, 0.25) is 0 Å². The molecule has 8 heteroatoms. The van der Waals surface area contributed by atoms with Gasteiger partial charge in [-0.2, -0.15) is 10.2 Å². The quantitative estimate of drug-likeness (QED) is 0.903. The highest BCUT2D eigenvalue weighted by Gasteiger charge is 2.30. The maximum atomic E-state index is 12.8. The molecule has 1 aliphatic heterocycles. The van der Waals surface area contributed by atoms with Crippen molar-refractivity contribution in [1.82, 2.24) is 24.5 Å². The number of anilines is 1. The average Bonchev–Trinajstić information content (AvgIpc) is 3.24. The Morgan fingerprint density at radius 1 is 1.44 bits per heavy atom. The van der Waals surface area contributed by atoms with E-state index in [4.69, 9.17) is 4.74 Å². The monoisotopic (exact) mass is 346 g/mol. The molecule has 3 heterocycles.